The molecule has 2 heterocycles. The van der Waals surface area contributed by atoms with Gasteiger partial charge in [-0.2, -0.15) is 0 Å². The minimum Gasteiger partial charge on any atom is -0.492 e. The molecule has 2 unspecified atom stereocenters. The number of aromatic nitrogens is 1. The lowest BCUT2D eigenvalue weighted by Crippen LogP contribution is -2.21. The molecule has 1 aliphatic heterocycles. The molecule has 1 aliphatic rings. The van der Waals surface area contributed by atoms with Gasteiger partial charge in [-0.15, -0.1) is 0 Å². The minimum atomic E-state index is 0.193. The number of rotatable bonds is 7. The van der Waals surface area contributed by atoms with Crippen molar-refractivity contribution in [1.82, 2.24) is 4.98 Å². The smallest absolute Gasteiger partial charge is 0.137 e. The molecule has 0 aromatic carbocycles. The van der Waals surface area contributed by atoms with Crippen molar-refractivity contribution in [1.29, 1.82) is 0 Å². The fraction of sp³-hybridized carbons (Fsp3) is 0.667. The molecule has 0 saturated carbocycles. The number of pyridine rings is 1. The average molecular weight is 264 g/mol. The molecule has 0 spiro atoms. The van der Waals surface area contributed by atoms with Gasteiger partial charge in [0.2, 0.25) is 0 Å². The summed E-state index contributed by atoms with van der Waals surface area (Å²) in [5.74, 6) is 0.826. The Kier molecular flexibility index (Phi) is 5.61. The van der Waals surface area contributed by atoms with Crippen molar-refractivity contribution in [3.05, 3.63) is 24.0 Å². The van der Waals surface area contributed by atoms with Gasteiger partial charge >= 0.3 is 0 Å². The quantitative estimate of drug-likeness (QED) is 0.821. The van der Waals surface area contributed by atoms with Crippen LogP contribution in [0.5, 0.6) is 5.75 Å². The zero-order valence-electron chi connectivity index (χ0n) is 11.7. The summed E-state index contributed by atoms with van der Waals surface area (Å²) in [5.41, 5.74) is 6.94. The van der Waals surface area contributed by atoms with Gasteiger partial charge in [0.25, 0.3) is 0 Å². The van der Waals surface area contributed by atoms with E-state index in [4.69, 9.17) is 15.2 Å². The Morgan fingerprint density at radius 3 is 3.05 bits per heavy atom. The van der Waals surface area contributed by atoms with Gasteiger partial charge < -0.3 is 15.2 Å². The second kappa shape index (κ2) is 7.46. The maximum absolute atomic E-state index is 5.91. The fourth-order valence-corrected chi connectivity index (χ4v) is 2.21. The Bertz CT molecular complexity index is 361. The predicted octanol–water partition coefficient (Wildman–Crippen LogP) is 2.31. The van der Waals surface area contributed by atoms with Crippen LogP contribution in [0.2, 0.25) is 0 Å². The maximum Gasteiger partial charge on any atom is 0.137 e. The van der Waals surface area contributed by atoms with E-state index >= 15 is 0 Å². The third-order valence-corrected chi connectivity index (χ3v) is 3.53. The number of ether oxygens (including phenoxy) is 2. The molecule has 2 atom stereocenters. The van der Waals surface area contributed by atoms with E-state index < -0.39 is 0 Å². The number of nitrogens with zero attached hydrogens (tertiary/aromatic N) is 1. The van der Waals surface area contributed by atoms with Gasteiger partial charge in [0.05, 0.1) is 18.9 Å². The van der Waals surface area contributed by atoms with Crippen molar-refractivity contribution in [2.24, 2.45) is 5.73 Å². The van der Waals surface area contributed by atoms with Crippen LogP contribution in [0.15, 0.2) is 18.3 Å². The van der Waals surface area contributed by atoms with Crippen LogP contribution in [0.3, 0.4) is 0 Å². The van der Waals surface area contributed by atoms with Gasteiger partial charge in [-0.25, -0.2) is 0 Å². The van der Waals surface area contributed by atoms with Gasteiger partial charge in [-0.1, -0.05) is 6.92 Å². The molecule has 2 rings (SSSR count). The number of hydrogen-bond donors (Lipinski definition) is 1. The Balaban J connectivity index is 1.71. The molecule has 0 bridgehead atoms. The first kappa shape index (κ1) is 14.3. The van der Waals surface area contributed by atoms with Gasteiger partial charge in [0.1, 0.15) is 5.75 Å². The molecule has 1 aromatic rings. The third kappa shape index (κ3) is 4.80. The van der Waals surface area contributed by atoms with Crippen LogP contribution >= 0.6 is 0 Å². The van der Waals surface area contributed by atoms with Crippen molar-refractivity contribution < 1.29 is 9.47 Å². The first-order chi connectivity index (χ1) is 9.28. The highest BCUT2D eigenvalue weighted by atomic mass is 16.5. The second-order valence-electron chi connectivity index (χ2n) is 5.13. The van der Waals surface area contributed by atoms with E-state index in [1.165, 1.54) is 6.42 Å². The lowest BCUT2D eigenvalue weighted by molar-refractivity contribution is 0.0903. The van der Waals surface area contributed by atoms with Crippen LogP contribution in [0.25, 0.3) is 0 Å². The van der Waals surface area contributed by atoms with Crippen molar-refractivity contribution in [3.8, 4) is 5.75 Å². The van der Waals surface area contributed by atoms with Gasteiger partial charge in [0, 0.05) is 31.2 Å². The first-order valence-electron chi connectivity index (χ1n) is 7.23. The topological polar surface area (TPSA) is 57.4 Å². The molecule has 106 valence electrons. The van der Waals surface area contributed by atoms with Crippen molar-refractivity contribution >= 4 is 0 Å². The SMILES string of the molecule is CCC(N)Cc1ccc(OCCC2CCCO2)cn1. The normalized spacial score (nSPS) is 20.4. The van der Waals surface area contributed by atoms with E-state index in [1.54, 1.807) is 6.20 Å². The summed E-state index contributed by atoms with van der Waals surface area (Å²) in [5, 5.41) is 0. The molecule has 1 fully saturated rings. The zero-order valence-corrected chi connectivity index (χ0v) is 11.7. The third-order valence-electron chi connectivity index (χ3n) is 3.53. The lowest BCUT2D eigenvalue weighted by atomic mass is 10.1. The second-order valence-corrected chi connectivity index (χ2v) is 5.13. The van der Waals surface area contributed by atoms with E-state index in [0.717, 1.165) is 43.7 Å². The largest absolute Gasteiger partial charge is 0.492 e. The van der Waals surface area contributed by atoms with Crippen LogP contribution in [-0.4, -0.2) is 30.3 Å². The van der Waals surface area contributed by atoms with Crippen LogP contribution in [0.4, 0.5) is 0 Å². The average Bonchev–Trinajstić information content (AvgIpc) is 2.94. The molecular weight excluding hydrogens is 240 g/mol. The maximum atomic E-state index is 5.91. The van der Waals surface area contributed by atoms with Crippen LogP contribution in [0.1, 0.15) is 38.3 Å². The summed E-state index contributed by atoms with van der Waals surface area (Å²) in [4.78, 5) is 4.38. The zero-order chi connectivity index (χ0) is 13.5. The highest BCUT2D eigenvalue weighted by molar-refractivity contribution is 5.20. The highest BCUT2D eigenvalue weighted by Gasteiger charge is 2.15. The van der Waals surface area contributed by atoms with Crippen molar-refractivity contribution in [2.75, 3.05) is 13.2 Å². The van der Waals surface area contributed by atoms with Gasteiger partial charge in [-0.3, -0.25) is 4.98 Å². The fourth-order valence-electron chi connectivity index (χ4n) is 2.21. The summed E-state index contributed by atoms with van der Waals surface area (Å²) in [7, 11) is 0. The first-order valence-corrected chi connectivity index (χ1v) is 7.23. The molecule has 0 aliphatic carbocycles. The number of hydrogen-bond acceptors (Lipinski definition) is 4. The lowest BCUT2D eigenvalue weighted by Gasteiger charge is -2.11. The summed E-state index contributed by atoms with van der Waals surface area (Å²) in [6.45, 7) is 3.69. The minimum absolute atomic E-state index is 0.193. The Morgan fingerprint density at radius 1 is 1.53 bits per heavy atom. The molecule has 4 nitrogen and oxygen atoms in total. The molecule has 4 heteroatoms. The van der Waals surface area contributed by atoms with Crippen molar-refractivity contribution in [3.63, 3.8) is 0 Å². The predicted molar refractivity (Wildman–Crippen MR) is 75.3 cm³/mol. The molecule has 0 amide bonds. The molecule has 2 N–H and O–H groups in total. The van der Waals surface area contributed by atoms with Crippen LogP contribution in [0, 0.1) is 0 Å². The van der Waals surface area contributed by atoms with Crippen LogP contribution < -0.4 is 10.5 Å². The summed E-state index contributed by atoms with van der Waals surface area (Å²) >= 11 is 0. The van der Waals surface area contributed by atoms with E-state index in [2.05, 4.69) is 11.9 Å². The highest BCUT2D eigenvalue weighted by Crippen LogP contribution is 2.16. The standard InChI is InChI=1S/C15H24N2O2/c1-2-12(16)10-13-5-6-15(11-17-13)19-9-7-14-4-3-8-18-14/h5-6,11-12,14H,2-4,7-10,16H2,1H3. The summed E-state index contributed by atoms with van der Waals surface area (Å²) in [6.07, 6.45) is 7.27. The van der Waals surface area contributed by atoms with Gasteiger partial charge in [0.15, 0.2) is 0 Å². The Morgan fingerprint density at radius 2 is 2.42 bits per heavy atom. The van der Waals surface area contributed by atoms with E-state index in [-0.39, 0.29) is 6.04 Å². The Labute approximate surface area is 115 Å². The molecule has 1 aromatic heterocycles. The van der Waals surface area contributed by atoms with Crippen LogP contribution in [-0.2, 0) is 11.2 Å². The molecule has 0 radical (unpaired) electrons. The van der Waals surface area contributed by atoms with Gasteiger partial charge in [-0.05, 0) is 31.4 Å². The van der Waals surface area contributed by atoms with E-state index in [1.807, 2.05) is 12.1 Å². The molecular formula is C15H24N2O2. The number of nitrogens with two attached hydrogens (primary N) is 1. The molecule has 19 heavy (non-hydrogen) atoms. The van der Waals surface area contributed by atoms with E-state index in [9.17, 15) is 0 Å². The van der Waals surface area contributed by atoms with Crippen molar-refractivity contribution in [2.45, 2.75) is 51.2 Å². The molecule has 1 saturated heterocycles. The van der Waals surface area contributed by atoms with E-state index in [0.29, 0.717) is 12.7 Å². The summed E-state index contributed by atoms with van der Waals surface area (Å²) < 4.78 is 11.2. The monoisotopic (exact) mass is 264 g/mol. The summed E-state index contributed by atoms with van der Waals surface area (Å²) in [6, 6.07) is 4.16. The Hall–Kier alpha value is -1.13.